The molecule has 1 aliphatic carbocycles. The Kier molecular flexibility index (Phi) is 6.46. The molecule has 6 rings (SSSR count). The number of aromatic nitrogens is 2. The van der Waals surface area contributed by atoms with Crippen molar-refractivity contribution in [2.45, 2.75) is 51.0 Å². The molecule has 0 spiro atoms. The average Bonchev–Trinajstić information content (AvgIpc) is 3.64. The smallest absolute Gasteiger partial charge is 0.304 e. The van der Waals surface area contributed by atoms with E-state index < -0.39 is 23.0 Å². The van der Waals surface area contributed by atoms with Crippen molar-refractivity contribution in [1.29, 1.82) is 0 Å². The number of carboxylic acids is 1. The Morgan fingerprint density at radius 2 is 2.00 bits per heavy atom. The predicted octanol–water partition coefficient (Wildman–Crippen LogP) is 5.98. The molecule has 1 unspecified atom stereocenters. The summed E-state index contributed by atoms with van der Waals surface area (Å²) in [4.78, 5) is 24.7. The van der Waals surface area contributed by atoms with Gasteiger partial charge in [0, 0.05) is 42.5 Å². The summed E-state index contributed by atoms with van der Waals surface area (Å²) in [6, 6.07) is 6.49. The zero-order valence-electron chi connectivity index (χ0n) is 21.9. The number of likely N-dealkylation sites (N-methyl/N-ethyl adjacent to an activating group) is 1. The van der Waals surface area contributed by atoms with E-state index in [4.69, 9.17) is 11.6 Å². The topological polar surface area (TPSA) is 81.6 Å². The van der Waals surface area contributed by atoms with Crippen LogP contribution in [0, 0.1) is 17.6 Å². The lowest BCUT2D eigenvalue weighted by molar-refractivity contribution is -0.138. The van der Waals surface area contributed by atoms with Gasteiger partial charge >= 0.3 is 5.97 Å². The maximum atomic E-state index is 14.3. The van der Waals surface area contributed by atoms with E-state index in [-0.39, 0.29) is 18.0 Å². The van der Waals surface area contributed by atoms with E-state index in [2.05, 4.69) is 39.4 Å². The number of carboxylic acid groups (broad SMARTS) is 1. The number of nitrogens with one attached hydrogen (secondary N) is 1. The number of fused-ring (bicyclic) bond motifs is 2. The highest BCUT2D eigenvalue weighted by Gasteiger charge is 2.43. The van der Waals surface area contributed by atoms with Crippen LogP contribution in [0.2, 0.25) is 5.02 Å². The Morgan fingerprint density at radius 3 is 2.74 bits per heavy atom. The summed E-state index contributed by atoms with van der Waals surface area (Å²) < 4.78 is 28.6. The van der Waals surface area contributed by atoms with Crippen molar-refractivity contribution in [3.8, 4) is 0 Å². The van der Waals surface area contributed by atoms with Crippen LogP contribution in [0.15, 0.2) is 30.5 Å². The number of halogens is 3. The van der Waals surface area contributed by atoms with Gasteiger partial charge in [0.1, 0.15) is 5.02 Å². The second-order valence-electron chi connectivity index (χ2n) is 11.4. The van der Waals surface area contributed by atoms with Gasteiger partial charge in [-0.25, -0.2) is 13.8 Å². The first-order valence-electron chi connectivity index (χ1n) is 13.2. The van der Waals surface area contributed by atoms with E-state index in [1.807, 2.05) is 0 Å². The zero-order valence-corrected chi connectivity index (χ0v) is 22.7. The van der Waals surface area contributed by atoms with Crippen molar-refractivity contribution in [3.63, 3.8) is 0 Å². The standard InChI is InChI=1S/C29H30ClF2N5O2/c1-29(12-26(38)39)15-37(25-11-24(32)23(31)10-21(25)29)27-22(30)13-33-28(35-27)34-19-8-17(7-16-3-4-16)20-5-6-36(2)14-18(20)9-19/h8-11,13,16H,3-7,12,14-15H2,1-2H3,(H,38,39)(H,33,34,35). The maximum absolute atomic E-state index is 14.3. The normalized spacial score (nSPS) is 20.6. The molecule has 0 bridgehead atoms. The maximum Gasteiger partial charge on any atom is 0.304 e. The first-order chi connectivity index (χ1) is 18.6. The second kappa shape index (κ2) is 9.71. The van der Waals surface area contributed by atoms with Gasteiger partial charge in [-0.05, 0) is 79.1 Å². The summed E-state index contributed by atoms with van der Waals surface area (Å²) in [6.45, 7) is 3.79. The minimum atomic E-state index is -1.04. The first-order valence-corrected chi connectivity index (χ1v) is 13.6. The van der Waals surface area contributed by atoms with E-state index >= 15 is 0 Å². The SMILES string of the molecule is CN1CCc2c(CC3CC3)cc(Nc3ncc(Cl)c(N4CC(C)(CC(=O)O)c5cc(F)c(F)cc54)n3)cc2C1. The minimum Gasteiger partial charge on any atom is -0.481 e. The van der Waals surface area contributed by atoms with E-state index in [1.165, 1.54) is 35.7 Å². The van der Waals surface area contributed by atoms with Crippen LogP contribution in [-0.4, -0.2) is 46.1 Å². The highest BCUT2D eigenvalue weighted by atomic mass is 35.5. The molecule has 1 aromatic heterocycles. The van der Waals surface area contributed by atoms with Gasteiger partial charge in [-0.15, -0.1) is 0 Å². The molecular formula is C29H30ClF2N5O2. The van der Waals surface area contributed by atoms with Crippen LogP contribution in [0.3, 0.4) is 0 Å². The Bertz CT molecular complexity index is 1480. The minimum absolute atomic E-state index is 0.143. The molecule has 2 aromatic carbocycles. The molecule has 1 saturated carbocycles. The molecule has 3 aromatic rings. The molecule has 1 fully saturated rings. The van der Waals surface area contributed by atoms with Gasteiger partial charge in [0.2, 0.25) is 5.95 Å². The number of hydrogen-bond acceptors (Lipinski definition) is 6. The van der Waals surface area contributed by atoms with Gasteiger partial charge < -0.3 is 20.2 Å². The molecule has 2 aliphatic heterocycles. The number of hydrogen-bond donors (Lipinski definition) is 2. The van der Waals surface area contributed by atoms with Gasteiger partial charge in [0.05, 0.1) is 12.6 Å². The molecule has 204 valence electrons. The van der Waals surface area contributed by atoms with Gasteiger partial charge in [0.15, 0.2) is 17.5 Å². The third-order valence-electron chi connectivity index (χ3n) is 8.09. The zero-order chi connectivity index (χ0) is 27.5. The van der Waals surface area contributed by atoms with Crippen LogP contribution in [-0.2, 0) is 29.6 Å². The van der Waals surface area contributed by atoms with Gasteiger partial charge in [-0.2, -0.15) is 4.98 Å². The van der Waals surface area contributed by atoms with Crippen LogP contribution in [0.25, 0.3) is 0 Å². The Labute approximate surface area is 230 Å². The third kappa shape index (κ3) is 5.05. The number of carbonyl (C=O) groups is 1. The lowest BCUT2D eigenvalue weighted by Crippen LogP contribution is -2.31. The van der Waals surface area contributed by atoms with Crippen molar-refractivity contribution >= 4 is 40.7 Å². The van der Waals surface area contributed by atoms with Crippen LogP contribution < -0.4 is 10.2 Å². The highest BCUT2D eigenvalue weighted by molar-refractivity contribution is 6.33. The molecule has 3 heterocycles. The van der Waals surface area contributed by atoms with Crippen LogP contribution >= 0.6 is 11.6 Å². The van der Waals surface area contributed by atoms with Crippen molar-refractivity contribution < 1.29 is 18.7 Å². The fourth-order valence-electron chi connectivity index (χ4n) is 5.99. The quantitative estimate of drug-likeness (QED) is 0.373. The van der Waals surface area contributed by atoms with Crippen molar-refractivity contribution in [2.24, 2.45) is 5.92 Å². The summed E-state index contributed by atoms with van der Waals surface area (Å²) in [5.74, 6) is -1.72. The molecule has 2 N–H and O–H groups in total. The lowest BCUT2D eigenvalue weighted by Gasteiger charge is -2.28. The van der Waals surface area contributed by atoms with Crippen molar-refractivity contribution in [1.82, 2.24) is 14.9 Å². The van der Waals surface area contributed by atoms with Gasteiger partial charge in [-0.3, -0.25) is 4.79 Å². The van der Waals surface area contributed by atoms with Crippen molar-refractivity contribution in [2.75, 3.05) is 30.4 Å². The van der Waals surface area contributed by atoms with Crippen LogP contribution in [0.5, 0.6) is 0 Å². The molecule has 3 aliphatic rings. The van der Waals surface area contributed by atoms with E-state index in [0.29, 0.717) is 23.0 Å². The summed E-state index contributed by atoms with van der Waals surface area (Å²) in [5.41, 5.74) is 4.77. The van der Waals surface area contributed by atoms with Crippen LogP contribution in [0.4, 0.5) is 31.9 Å². The van der Waals surface area contributed by atoms with Gasteiger partial charge in [-0.1, -0.05) is 18.5 Å². The molecular weight excluding hydrogens is 524 g/mol. The Morgan fingerprint density at radius 1 is 1.23 bits per heavy atom. The fourth-order valence-corrected chi connectivity index (χ4v) is 6.19. The van der Waals surface area contributed by atoms with E-state index in [9.17, 15) is 18.7 Å². The molecule has 39 heavy (non-hydrogen) atoms. The summed E-state index contributed by atoms with van der Waals surface area (Å²) in [7, 11) is 2.12. The summed E-state index contributed by atoms with van der Waals surface area (Å²) in [6.07, 6.45) is 5.87. The van der Waals surface area contributed by atoms with Crippen LogP contribution in [0.1, 0.15) is 48.4 Å². The summed E-state index contributed by atoms with van der Waals surface area (Å²) >= 11 is 6.53. The number of aliphatic carboxylic acids is 1. The number of rotatable bonds is 7. The fraction of sp³-hybridized carbons (Fsp3) is 0.414. The monoisotopic (exact) mass is 553 g/mol. The molecule has 10 heteroatoms. The molecule has 1 atom stereocenters. The van der Waals surface area contributed by atoms with Crippen molar-refractivity contribution in [3.05, 3.63) is 69.4 Å². The highest BCUT2D eigenvalue weighted by Crippen LogP contribution is 2.48. The Balaban J connectivity index is 1.36. The molecule has 0 radical (unpaired) electrons. The lowest BCUT2D eigenvalue weighted by atomic mass is 9.81. The molecule has 0 saturated heterocycles. The Hall–Kier alpha value is -3.30. The second-order valence-corrected chi connectivity index (χ2v) is 11.8. The first kappa shape index (κ1) is 26.0. The van der Waals surface area contributed by atoms with E-state index in [1.54, 1.807) is 11.8 Å². The average molecular weight is 554 g/mol. The number of anilines is 4. The third-order valence-corrected chi connectivity index (χ3v) is 8.36. The van der Waals surface area contributed by atoms with E-state index in [0.717, 1.165) is 49.7 Å². The van der Waals surface area contributed by atoms with Gasteiger partial charge in [0.25, 0.3) is 0 Å². The number of nitrogens with zero attached hydrogens (tertiary/aromatic N) is 4. The molecule has 7 nitrogen and oxygen atoms in total. The predicted molar refractivity (Wildman–Crippen MR) is 146 cm³/mol. The molecule has 0 amide bonds. The largest absolute Gasteiger partial charge is 0.481 e. The number of benzene rings is 2. The summed E-state index contributed by atoms with van der Waals surface area (Å²) in [5, 5.41) is 13.1.